The van der Waals surface area contributed by atoms with Crippen LogP contribution in [-0.2, 0) is 14.2 Å². The maximum absolute atomic E-state index is 13.1. The van der Waals surface area contributed by atoms with E-state index in [-0.39, 0.29) is 12.0 Å². The average Bonchev–Trinajstić information content (AvgIpc) is 3.28. The van der Waals surface area contributed by atoms with Gasteiger partial charge in [-0.2, -0.15) is 5.10 Å². The molecule has 0 bridgehead atoms. The zero-order chi connectivity index (χ0) is 22.3. The van der Waals surface area contributed by atoms with Crippen LogP contribution >= 0.6 is 0 Å². The molecule has 1 aromatic heterocycles. The molecule has 2 aromatic rings. The van der Waals surface area contributed by atoms with E-state index >= 15 is 0 Å². The Kier molecular flexibility index (Phi) is 7.89. The highest BCUT2D eigenvalue weighted by Crippen LogP contribution is 2.41. The van der Waals surface area contributed by atoms with Gasteiger partial charge in [0, 0.05) is 25.8 Å². The highest BCUT2D eigenvalue weighted by molar-refractivity contribution is 5.87. The first-order valence-electron chi connectivity index (χ1n) is 11.1. The van der Waals surface area contributed by atoms with Gasteiger partial charge in [-0.05, 0) is 45.2 Å². The molecule has 1 heterocycles. The Balaban J connectivity index is 1.82. The molecule has 1 saturated carbocycles. The van der Waals surface area contributed by atoms with E-state index in [2.05, 4.69) is 11.0 Å². The fourth-order valence-corrected chi connectivity index (χ4v) is 4.48. The molecule has 0 aliphatic heterocycles. The van der Waals surface area contributed by atoms with Crippen molar-refractivity contribution in [1.82, 2.24) is 9.78 Å². The number of carbonyl (C=O) groups excluding carboxylic acids is 1. The Bertz CT molecular complexity index is 875. The van der Waals surface area contributed by atoms with Crippen molar-refractivity contribution in [3.63, 3.8) is 0 Å². The molecular formula is C25H32N2O4. The molecule has 3 atom stereocenters. The van der Waals surface area contributed by atoms with E-state index in [0.29, 0.717) is 18.9 Å². The lowest BCUT2D eigenvalue weighted by Gasteiger charge is -2.44. The minimum Gasteiger partial charge on any atom is -0.444 e. The van der Waals surface area contributed by atoms with E-state index < -0.39 is 17.9 Å². The molecule has 1 aromatic carbocycles. The number of terminal acetylenes is 1. The average molecular weight is 425 g/mol. The number of rotatable bonds is 9. The van der Waals surface area contributed by atoms with Crippen molar-refractivity contribution in [1.29, 1.82) is 0 Å². The number of hydrogen-bond acceptors (Lipinski definition) is 5. The quantitative estimate of drug-likeness (QED) is 0.334. The van der Waals surface area contributed by atoms with Crippen LogP contribution in [0.3, 0.4) is 0 Å². The fraction of sp³-hybridized carbons (Fsp3) is 0.520. The molecule has 0 N–H and O–H groups in total. The Morgan fingerprint density at radius 1 is 1.23 bits per heavy atom. The van der Waals surface area contributed by atoms with Gasteiger partial charge in [-0.3, -0.25) is 4.68 Å². The lowest BCUT2D eigenvalue weighted by Crippen LogP contribution is -2.51. The summed E-state index contributed by atoms with van der Waals surface area (Å²) in [4.78, 5) is 13.1. The Hall–Kier alpha value is -2.62. The number of carbonyl (C=O) groups is 1. The van der Waals surface area contributed by atoms with Gasteiger partial charge in [0.25, 0.3) is 0 Å². The summed E-state index contributed by atoms with van der Waals surface area (Å²) >= 11 is 0. The van der Waals surface area contributed by atoms with Crippen molar-refractivity contribution in [2.24, 2.45) is 5.92 Å². The molecule has 31 heavy (non-hydrogen) atoms. The standard InChI is InChI=1S/C25H32N2O4/c1-5-23(21-15-11-12-17-25(21,29-6-2)30-7-3)31-24(28)22-16-18-26-27(22)19(4)20-13-9-8-10-14-20/h1,8-10,13-14,16,18-19,21,23H,6-7,11-12,15,17H2,2-4H3/t19-,21?,23?/m1/s1. The highest BCUT2D eigenvalue weighted by Gasteiger charge is 2.47. The lowest BCUT2D eigenvalue weighted by molar-refractivity contribution is -0.286. The first kappa shape index (κ1) is 23.1. The third kappa shape index (κ3) is 5.00. The monoisotopic (exact) mass is 424 g/mol. The van der Waals surface area contributed by atoms with E-state index in [9.17, 15) is 4.79 Å². The molecule has 6 nitrogen and oxygen atoms in total. The molecule has 2 unspecified atom stereocenters. The van der Waals surface area contributed by atoms with Gasteiger partial charge in [0.1, 0.15) is 5.69 Å². The van der Waals surface area contributed by atoms with Crippen LogP contribution in [0, 0.1) is 18.3 Å². The van der Waals surface area contributed by atoms with Crippen LogP contribution in [-0.4, -0.2) is 40.9 Å². The van der Waals surface area contributed by atoms with Crippen LogP contribution in [0.15, 0.2) is 42.6 Å². The molecule has 6 heteroatoms. The van der Waals surface area contributed by atoms with Crippen LogP contribution in [0.4, 0.5) is 0 Å². The molecule has 1 fully saturated rings. The summed E-state index contributed by atoms with van der Waals surface area (Å²) in [5.74, 6) is 1.15. The van der Waals surface area contributed by atoms with Crippen LogP contribution in [0.5, 0.6) is 0 Å². The van der Waals surface area contributed by atoms with Crippen molar-refractivity contribution < 1.29 is 19.0 Å². The van der Waals surface area contributed by atoms with E-state index in [1.54, 1.807) is 16.9 Å². The predicted octanol–water partition coefficient (Wildman–Crippen LogP) is 4.61. The molecule has 0 amide bonds. The topological polar surface area (TPSA) is 62.6 Å². The number of aromatic nitrogens is 2. The van der Waals surface area contributed by atoms with E-state index in [1.165, 1.54) is 0 Å². The molecule has 0 radical (unpaired) electrons. The van der Waals surface area contributed by atoms with Crippen molar-refractivity contribution in [2.75, 3.05) is 13.2 Å². The summed E-state index contributed by atoms with van der Waals surface area (Å²) in [6, 6.07) is 11.4. The Morgan fingerprint density at radius 2 is 1.94 bits per heavy atom. The van der Waals surface area contributed by atoms with E-state index in [0.717, 1.165) is 31.2 Å². The molecule has 166 valence electrons. The van der Waals surface area contributed by atoms with Gasteiger partial charge in [0.2, 0.25) is 0 Å². The maximum Gasteiger partial charge on any atom is 0.357 e. The van der Waals surface area contributed by atoms with Crippen LogP contribution in [0.2, 0.25) is 0 Å². The minimum absolute atomic E-state index is 0.122. The number of nitrogens with zero attached hydrogens (tertiary/aromatic N) is 2. The summed E-state index contributed by atoms with van der Waals surface area (Å²) < 4.78 is 19.7. The van der Waals surface area contributed by atoms with Crippen LogP contribution in [0.1, 0.15) is 68.5 Å². The molecule has 0 spiro atoms. The summed E-state index contributed by atoms with van der Waals surface area (Å²) in [7, 11) is 0. The zero-order valence-corrected chi connectivity index (χ0v) is 18.6. The first-order valence-corrected chi connectivity index (χ1v) is 11.1. The number of esters is 1. The van der Waals surface area contributed by atoms with Gasteiger partial charge in [0.15, 0.2) is 11.9 Å². The van der Waals surface area contributed by atoms with Gasteiger partial charge < -0.3 is 14.2 Å². The summed E-state index contributed by atoms with van der Waals surface area (Å²) in [5.41, 5.74) is 1.42. The van der Waals surface area contributed by atoms with E-state index in [1.807, 2.05) is 51.1 Å². The second-order valence-corrected chi connectivity index (χ2v) is 7.77. The summed E-state index contributed by atoms with van der Waals surface area (Å²) in [6.07, 6.45) is 10.2. The van der Waals surface area contributed by atoms with Gasteiger partial charge in [-0.1, -0.05) is 42.7 Å². The third-order valence-corrected chi connectivity index (χ3v) is 5.92. The predicted molar refractivity (Wildman–Crippen MR) is 118 cm³/mol. The normalized spacial score (nSPS) is 19.9. The van der Waals surface area contributed by atoms with E-state index in [4.69, 9.17) is 20.6 Å². The number of hydrogen-bond donors (Lipinski definition) is 0. The molecular weight excluding hydrogens is 392 g/mol. The van der Waals surface area contributed by atoms with Crippen molar-refractivity contribution in [3.8, 4) is 12.3 Å². The Morgan fingerprint density at radius 3 is 2.58 bits per heavy atom. The second kappa shape index (κ2) is 10.6. The fourth-order valence-electron chi connectivity index (χ4n) is 4.48. The number of benzene rings is 1. The van der Waals surface area contributed by atoms with Gasteiger partial charge in [0.05, 0.1) is 12.0 Å². The van der Waals surface area contributed by atoms with Crippen molar-refractivity contribution in [2.45, 2.75) is 64.4 Å². The summed E-state index contributed by atoms with van der Waals surface area (Å²) in [5, 5.41) is 4.36. The minimum atomic E-state index is -0.823. The third-order valence-electron chi connectivity index (χ3n) is 5.92. The lowest BCUT2D eigenvalue weighted by atomic mass is 9.79. The van der Waals surface area contributed by atoms with Crippen LogP contribution in [0.25, 0.3) is 0 Å². The summed E-state index contributed by atoms with van der Waals surface area (Å²) in [6.45, 7) is 6.88. The molecule has 1 aliphatic carbocycles. The van der Waals surface area contributed by atoms with Crippen molar-refractivity contribution >= 4 is 5.97 Å². The van der Waals surface area contributed by atoms with Crippen molar-refractivity contribution in [3.05, 3.63) is 53.9 Å². The zero-order valence-electron chi connectivity index (χ0n) is 18.6. The smallest absolute Gasteiger partial charge is 0.357 e. The largest absolute Gasteiger partial charge is 0.444 e. The Labute approximate surface area is 184 Å². The first-order chi connectivity index (χ1) is 15.1. The second-order valence-electron chi connectivity index (χ2n) is 7.77. The van der Waals surface area contributed by atoms with Gasteiger partial charge in [-0.25, -0.2) is 4.79 Å². The molecule has 0 saturated heterocycles. The maximum atomic E-state index is 13.1. The van der Waals surface area contributed by atoms with Crippen LogP contribution < -0.4 is 0 Å². The van der Waals surface area contributed by atoms with Gasteiger partial charge in [-0.15, -0.1) is 6.42 Å². The molecule has 1 aliphatic rings. The molecule has 3 rings (SSSR count). The number of ether oxygens (including phenoxy) is 3. The SMILES string of the molecule is C#CC(OC(=O)c1ccnn1[C@H](C)c1ccccc1)C1CCCCC1(OCC)OCC. The highest BCUT2D eigenvalue weighted by atomic mass is 16.7. The van der Waals surface area contributed by atoms with Gasteiger partial charge >= 0.3 is 5.97 Å².